The highest BCUT2D eigenvalue weighted by molar-refractivity contribution is 7.72. The van der Waals surface area contributed by atoms with E-state index >= 15 is 0 Å². The molecule has 3 aromatic rings. The van der Waals surface area contributed by atoms with E-state index in [9.17, 15) is 4.79 Å². The average molecular weight is 302 g/mol. The molecule has 0 amide bonds. The topological polar surface area (TPSA) is 66.5 Å². The number of carbonyl (C=O) groups excluding carboxylic acids is 1. The number of fused-ring (bicyclic) bond motifs is 1. The van der Waals surface area contributed by atoms with E-state index in [0.29, 0.717) is 26.1 Å². The first-order valence-corrected chi connectivity index (χ1v) is 6.71. The van der Waals surface area contributed by atoms with Crippen LogP contribution in [-0.4, -0.2) is 25.5 Å². The summed E-state index contributed by atoms with van der Waals surface area (Å²) >= 11 is 10.4. The van der Waals surface area contributed by atoms with Gasteiger partial charge in [0.05, 0.1) is 11.1 Å². The molecular formula is C13H10N4OS2. The molecule has 0 saturated carbocycles. The Bertz CT molecular complexity index is 921. The third-order valence-electron chi connectivity index (χ3n) is 2.91. The van der Waals surface area contributed by atoms with Gasteiger partial charge in [-0.15, -0.1) is 0 Å². The monoisotopic (exact) mass is 302 g/mol. The van der Waals surface area contributed by atoms with Gasteiger partial charge in [0.2, 0.25) is 0 Å². The Kier molecular flexibility index (Phi) is 3.07. The highest BCUT2D eigenvalue weighted by atomic mass is 32.1. The number of benzene rings is 1. The predicted molar refractivity (Wildman–Crippen MR) is 81.4 cm³/mol. The number of Topliss-reactive ketones (excluding diaryl/α,β-unsaturated/α-hetero) is 1. The second-order valence-corrected chi connectivity index (χ2v) is 5.10. The van der Waals surface area contributed by atoms with Crippen molar-refractivity contribution in [1.29, 1.82) is 0 Å². The minimum absolute atomic E-state index is 0.144. The molecule has 2 N–H and O–H groups in total. The van der Waals surface area contributed by atoms with Gasteiger partial charge in [-0.3, -0.25) is 4.79 Å². The lowest BCUT2D eigenvalue weighted by Gasteiger charge is -2.02. The molecule has 0 unspecified atom stereocenters. The van der Waals surface area contributed by atoms with Crippen molar-refractivity contribution in [2.45, 2.75) is 6.92 Å². The number of aromatic nitrogens is 4. The number of hydrogen-bond donors (Lipinski definition) is 2. The third kappa shape index (κ3) is 2.00. The van der Waals surface area contributed by atoms with Crippen LogP contribution in [0.15, 0.2) is 30.3 Å². The van der Waals surface area contributed by atoms with Gasteiger partial charge in [0, 0.05) is 6.92 Å². The first-order chi connectivity index (χ1) is 9.58. The van der Waals surface area contributed by atoms with Crippen molar-refractivity contribution in [1.82, 2.24) is 19.7 Å². The molecule has 100 valence electrons. The normalized spacial score (nSPS) is 10.8. The number of para-hydroxylation sites is 1. The minimum atomic E-state index is -0.144. The van der Waals surface area contributed by atoms with Gasteiger partial charge in [0.15, 0.2) is 10.6 Å². The number of ketones is 1. The molecule has 2 heterocycles. The molecule has 1 aromatic carbocycles. The molecule has 0 bridgehead atoms. The zero-order valence-electron chi connectivity index (χ0n) is 10.5. The SMILES string of the molecule is CC(=O)c1nn(-c2ccccc2)c2[nH]c(=S)[nH]c(=S)c12. The number of aromatic amines is 2. The molecule has 7 heteroatoms. The van der Waals surface area contributed by atoms with E-state index < -0.39 is 0 Å². The second-order valence-electron chi connectivity index (χ2n) is 4.28. The lowest BCUT2D eigenvalue weighted by Crippen LogP contribution is -1.99. The number of nitrogens with zero attached hydrogens (tertiary/aromatic N) is 2. The quantitative estimate of drug-likeness (QED) is 0.563. The standard InChI is InChI=1S/C13H10N4OS2/c1-7(18)10-9-11(14-13(20)15-12(9)19)17(16-10)8-5-3-2-4-6-8/h2-6H,1H3,(H2,14,15,19,20). The van der Waals surface area contributed by atoms with Crippen LogP contribution in [0.1, 0.15) is 17.4 Å². The zero-order valence-corrected chi connectivity index (χ0v) is 12.1. The summed E-state index contributed by atoms with van der Waals surface area (Å²) in [7, 11) is 0. The maximum Gasteiger partial charge on any atom is 0.180 e. The van der Waals surface area contributed by atoms with Crippen LogP contribution in [-0.2, 0) is 0 Å². The molecule has 5 nitrogen and oxygen atoms in total. The highest BCUT2D eigenvalue weighted by Gasteiger charge is 2.17. The molecule has 0 saturated heterocycles. The molecule has 0 spiro atoms. The Morgan fingerprint density at radius 3 is 2.55 bits per heavy atom. The van der Waals surface area contributed by atoms with Crippen molar-refractivity contribution < 1.29 is 4.79 Å². The largest absolute Gasteiger partial charge is 0.323 e. The van der Waals surface area contributed by atoms with Crippen LogP contribution in [0, 0.1) is 9.41 Å². The molecule has 3 rings (SSSR count). The first kappa shape index (κ1) is 12.9. The smallest absolute Gasteiger partial charge is 0.180 e. The predicted octanol–water partition coefficient (Wildman–Crippen LogP) is 3.34. The van der Waals surface area contributed by atoms with E-state index in [1.54, 1.807) is 4.68 Å². The summed E-state index contributed by atoms with van der Waals surface area (Å²) in [5.74, 6) is -0.144. The fourth-order valence-electron chi connectivity index (χ4n) is 2.06. The van der Waals surface area contributed by atoms with Crippen LogP contribution < -0.4 is 0 Å². The Morgan fingerprint density at radius 2 is 1.90 bits per heavy atom. The minimum Gasteiger partial charge on any atom is -0.323 e. The van der Waals surface area contributed by atoms with E-state index in [1.165, 1.54) is 6.92 Å². The van der Waals surface area contributed by atoms with Crippen molar-refractivity contribution in [3.05, 3.63) is 45.4 Å². The van der Waals surface area contributed by atoms with Crippen molar-refractivity contribution in [2.24, 2.45) is 0 Å². The first-order valence-electron chi connectivity index (χ1n) is 5.89. The molecule has 0 radical (unpaired) electrons. The second kappa shape index (κ2) is 4.77. The van der Waals surface area contributed by atoms with E-state index in [2.05, 4.69) is 15.1 Å². The maximum absolute atomic E-state index is 11.8. The van der Waals surface area contributed by atoms with Gasteiger partial charge in [-0.25, -0.2) is 4.68 Å². The number of hydrogen-bond acceptors (Lipinski definition) is 4. The molecule has 0 aliphatic heterocycles. The van der Waals surface area contributed by atoms with Gasteiger partial charge < -0.3 is 9.97 Å². The molecule has 0 aliphatic carbocycles. The lowest BCUT2D eigenvalue weighted by atomic mass is 10.2. The Balaban J connectivity index is 2.48. The number of H-pyrrole nitrogens is 2. The molecule has 2 aromatic heterocycles. The van der Waals surface area contributed by atoms with Gasteiger partial charge in [-0.2, -0.15) is 5.10 Å². The van der Waals surface area contributed by atoms with Gasteiger partial charge in [0.1, 0.15) is 16.0 Å². The van der Waals surface area contributed by atoms with Crippen LogP contribution in [0.25, 0.3) is 16.7 Å². The Hall–Kier alpha value is -2.12. The van der Waals surface area contributed by atoms with Crippen LogP contribution in [0.2, 0.25) is 0 Å². The fraction of sp³-hybridized carbons (Fsp3) is 0.0769. The summed E-state index contributed by atoms with van der Waals surface area (Å²) in [5.41, 5.74) is 1.78. The Labute approximate surface area is 124 Å². The summed E-state index contributed by atoms with van der Waals surface area (Å²) in [5, 5.41) is 4.95. The van der Waals surface area contributed by atoms with Gasteiger partial charge in [0.25, 0.3) is 0 Å². The summed E-state index contributed by atoms with van der Waals surface area (Å²) in [6.07, 6.45) is 0. The van der Waals surface area contributed by atoms with Crippen molar-refractivity contribution in [3.63, 3.8) is 0 Å². The van der Waals surface area contributed by atoms with Crippen molar-refractivity contribution in [2.75, 3.05) is 0 Å². The summed E-state index contributed by atoms with van der Waals surface area (Å²) < 4.78 is 2.46. The van der Waals surface area contributed by atoms with Crippen molar-refractivity contribution >= 4 is 41.3 Å². The van der Waals surface area contributed by atoms with E-state index in [4.69, 9.17) is 24.4 Å². The fourth-order valence-corrected chi connectivity index (χ4v) is 2.61. The van der Waals surface area contributed by atoms with Crippen LogP contribution in [0.4, 0.5) is 0 Å². The molecule has 0 atom stereocenters. The van der Waals surface area contributed by atoms with Gasteiger partial charge in [-0.05, 0) is 24.4 Å². The number of rotatable bonds is 2. The zero-order chi connectivity index (χ0) is 14.3. The number of carbonyl (C=O) groups is 1. The molecule has 0 fully saturated rings. The van der Waals surface area contributed by atoms with Gasteiger partial charge >= 0.3 is 0 Å². The summed E-state index contributed by atoms with van der Waals surface area (Å²) in [6, 6.07) is 9.50. The Morgan fingerprint density at radius 1 is 1.20 bits per heavy atom. The van der Waals surface area contributed by atoms with E-state index in [-0.39, 0.29) is 5.78 Å². The van der Waals surface area contributed by atoms with Crippen LogP contribution in [0.3, 0.4) is 0 Å². The maximum atomic E-state index is 11.8. The lowest BCUT2D eigenvalue weighted by molar-refractivity contribution is 0.101. The highest BCUT2D eigenvalue weighted by Crippen LogP contribution is 2.21. The molecule has 20 heavy (non-hydrogen) atoms. The van der Waals surface area contributed by atoms with Crippen molar-refractivity contribution in [3.8, 4) is 5.69 Å². The summed E-state index contributed by atoms with van der Waals surface area (Å²) in [6.45, 7) is 1.47. The van der Waals surface area contributed by atoms with E-state index in [1.807, 2.05) is 30.3 Å². The van der Waals surface area contributed by atoms with Crippen LogP contribution >= 0.6 is 24.4 Å². The molecule has 0 aliphatic rings. The average Bonchev–Trinajstić information content (AvgIpc) is 2.79. The third-order valence-corrected chi connectivity index (χ3v) is 3.42. The summed E-state index contributed by atoms with van der Waals surface area (Å²) in [4.78, 5) is 17.6. The molecular weight excluding hydrogens is 292 g/mol. The number of nitrogens with one attached hydrogen (secondary N) is 2. The van der Waals surface area contributed by atoms with Gasteiger partial charge in [-0.1, -0.05) is 30.4 Å². The van der Waals surface area contributed by atoms with Crippen LogP contribution in [0.5, 0.6) is 0 Å². The van der Waals surface area contributed by atoms with E-state index in [0.717, 1.165) is 5.69 Å².